The van der Waals surface area contributed by atoms with E-state index in [4.69, 9.17) is 0 Å². The van der Waals surface area contributed by atoms with Crippen molar-refractivity contribution >= 4 is 15.7 Å². The van der Waals surface area contributed by atoms with Gasteiger partial charge in [-0.2, -0.15) is 26.0 Å². The molecule has 0 saturated carbocycles. The van der Waals surface area contributed by atoms with Crippen molar-refractivity contribution in [3.05, 3.63) is 53.4 Å². The minimum atomic E-state index is -6.62. The molecule has 0 spiro atoms. The first-order valence-corrected chi connectivity index (χ1v) is 12.2. The Morgan fingerprint density at radius 2 is 1.49 bits per heavy atom. The zero-order valence-corrected chi connectivity index (χ0v) is 19.8. The fourth-order valence-corrected chi connectivity index (χ4v) is 4.48. The third kappa shape index (κ3) is 6.33. The van der Waals surface area contributed by atoms with Gasteiger partial charge < -0.3 is 8.92 Å². The van der Waals surface area contributed by atoms with Gasteiger partial charge in [-0.1, -0.05) is 38.0 Å². The van der Waals surface area contributed by atoms with Crippen LogP contribution >= 0.6 is 0 Å². The first-order valence-electron chi connectivity index (χ1n) is 10.8. The smallest absolute Gasteiger partial charge is 0.402 e. The van der Waals surface area contributed by atoms with E-state index in [1.54, 1.807) is 6.08 Å². The molecule has 4 nitrogen and oxygen atoms in total. The first-order chi connectivity index (χ1) is 17.1. The SMILES string of the molecule is CCCC1CC=C(c2ccc(-c3ccc(OC(F)(F)F)c(F)c3OS(=O)(=O)C(F)(F)F)c(F)c2F)CC1. The van der Waals surface area contributed by atoms with E-state index >= 15 is 8.78 Å². The van der Waals surface area contributed by atoms with Crippen molar-refractivity contribution in [2.75, 3.05) is 0 Å². The zero-order chi connectivity index (χ0) is 27.8. The number of hydrogen-bond donors (Lipinski definition) is 0. The number of halogens is 9. The van der Waals surface area contributed by atoms with Gasteiger partial charge in [-0.15, -0.1) is 13.2 Å². The molecule has 0 heterocycles. The van der Waals surface area contributed by atoms with Crippen LogP contribution < -0.4 is 8.92 Å². The Balaban J connectivity index is 2.12. The molecule has 37 heavy (non-hydrogen) atoms. The van der Waals surface area contributed by atoms with E-state index in [1.165, 1.54) is 0 Å². The fourth-order valence-electron chi connectivity index (χ4n) is 4.00. The zero-order valence-electron chi connectivity index (χ0n) is 18.9. The average Bonchev–Trinajstić information content (AvgIpc) is 2.78. The summed E-state index contributed by atoms with van der Waals surface area (Å²) in [6, 6.07) is 2.56. The highest BCUT2D eigenvalue weighted by molar-refractivity contribution is 7.88. The second kappa shape index (κ2) is 10.5. The van der Waals surface area contributed by atoms with E-state index in [0.717, 1.165) is 25.0 Å². The number of rotatable bonds is 7. The lowest BCUT2D eigenvalue weighted by molar-refractivity contribution is -0.275. The minimum absolute atomic E-state index is 0.168. The summed E-state index contributed by atoms with van der Waals surface area (Å²) in [5.41, 5.74) is -7.87. The number of hydrogen-bond acceptors (Lipinski definition) is 4. The van der Waals surface area contributed by atoms with Gasteiger partial charge in [0, 0.05) is 16.7 Å². The maximum absolute atomic E-state index is 15.1. The van der Waals surface area contributed by atoms with Gasteiger partial charge >= 0.3 is 22.0 Å². The van der Waals surface area contributed by atoms with Crippen LogP contribution in [0.1, 0.15) is 44.6 Å². The number of alkyl halides is 6. The van der Waals surface area contributed by atoms with E-state index < -0.39 is 62.1 Å². The van der Waals surface area contributed by atoms with Crippen molar-refractivity contribution in [1.29, 1.82) is 0 Å². The summed E-state index contributed by atoms with van der Waals surface area (Å²) in [4.78, 5) is 0. The Bertz CT molecular complexity index is 1300. The lowest BCUT2D eigenvalue weighted by atomic mass is 9.84. The number of allylic oxidation sites excluding steroid dienone is 2. The Morgan fingerprint density at radius 3 is 2.03 bits per heavy atom. The summed E-state index contributed by atoms with van der Waals surface area (Å²) >= 11 is 0. The molecule has 1 unspecified atom stereocenters. The molecule has 2 aromatic rings. The van der Waals surface area contributed by atoms with Gasteiger partial charge in [0.2, 0.25) is 5.82 Å². The molecule has 0 bridgehead atoms. The van der Waals surface area contributed by atoms with Crippen LogP contribution in [-0.2, 0) is 10.1 Å². The molecule has 1 aliphatic carbocycles. The summed E-state index contributed by atoms with van der Waals surface area (Å²) in [5, 5.41) is 0. The Labute approximate surface area is 205 Å². The largest absolute Gasteiger partial charge is 0.573 e. The van der Waals surface area contributed by atoms with Gasteiger partial charge in [0.15, 0.2) is 23.1 Å². The molecule has 14 heteroatoms. The summed E-state index contributed by atoms with van der Waals surface area (Å²) in [7, 11) is -6.62. The molecule has 0 fully saturated rings. The maximum Gasteiger partial charge on any atom is 0.573 e. The number of benzene rings is 2. The summed E-state index contributed by atoms with van der Waals surface area (Å²) in [6.07, 6.45) is -0.157. The predicted octanol–water partition coefficient (Wildman–Crippen LogP) is 7.88. The van der Waals surface area contributed by atoms with Crippen molar-refractivity contribution in [3.63, 3.8) is 0 Å². The average molecular weight is 562 g/mol. The first kappa shape index (κ1) is 28.7. The summed E-state index contributed by atoms with van der Waals surface area (Å²) < 4.78 is 151. The van der Waals surface area contributed by atoms with Gasteiger partial charge in [-0.3, -0.25) is 0 Å². The van der Waals surface area contributed by atoms with Crippen molar-refractivity contribution < 1.29 is 56.9 Å². The quantitative estimate of drug-likeness (QED) is 0.196. The third-order valence-corrected chi connectivity index (χ3v) is 6.65. The van der Waals surface area contributed by atoms with E-state index in [-0.39, 0.29) is 11.6 Å². The van der Waals surface area contributed by atoms with E-state index in [9.17, 15) is 39.2 Å². The lowest BCUT2D eigenvalue weighted by Gasteiger charge is -2.22. The maximum atomic E-state index is 15.1. The van der Waals surface area contributed by atoms with E-state index in [0.29, 0.717) is 36.8 Å². The molecule has 0 saturated heterocycles. The fraction of sp³-hybridized carbons (Fsp3) is 0.391. The molecule has 204 valence electrons. The van der Waals surface area contributed by atoms with Gasteiger partial charge in [0.25, 0.3) is 0 Å². The predicted molar refractivity (Wildman–Crippen MR) is 114 cm³/mol. The molecular formula is C23H19F9O4S. The molecule has 0 amide bonds. The highest BCUT2D eigenvalue weighted by atomic mass is 32.2. The van der Waals surface area contributed by atoms with Crippen molar-refractivity contribution in [2.45, 2.75) is 50.9 Å². The van der Waals surface area contributed by atoms with Gasteiger partial charge in [0.1, 0.15) is 0 Å². The lowest BCUT2D eigenvalue weighted by Crippen LogP contribution is -2.28. The van der Waals surface area contributed by atoms with Crippen molar-refractivity contribution in [1.82, 2.24) is 0 Å². The standard InChI is InChI=1S/C23H19F9O4S/c1-2-3-12-4-6-13(7-5-12)14-8-9-15(19(25)18(14)24)16-10-11-17(35-22(27,28)29)20(26)21(16)36-37(33,34)23(30,31)32/h6,8-12H,2-5,7H2,1H3. The molecular weight excluding hydrogens is 543 g/mol. The van der Waals surface area contributed by atoms with Crippen LogP contribution in [-0.4, -0.2) is 20.3 Å². The van der Waals surface area contributed by atoms with Gasteiger partial charge in [-0.05, 0) is 42.9 Å². The minimum Gasteiger partial charge on any atom is -0.402 e. The molecule has 0 N–H and O–H groups in total. The Morgan fingerprint density at radius 1 is 0.892 bits per heavy atom. The molecule has 0 aliphatic heterocycles. The highest BCUT2D eigenvalue weighted by Gasteiger charge is 2.49. The van der Waals surface area contributed by atoms with Crippen LogP contribution in [0, 0.1) is 23.4 Å². The molecule has 3 rings (SSSR count). The topological polar surface area (TPSA) is 52.6 Å². The molecule has 1 atom stereocenters. The van der Waals surface area contributed by atoms with Crippen LogP contribution in [0.4, 0.5) is 39.5 Å². The Hall–Kier alpha value is -2.90. The van der Waals surface area contributed by atoms with Crippen LogP contribution in [0.2, 0.25) is 0 Å². The second-order valence-corrected chi connectivity index (χ2v) is 9.77. The van der Waals surface area contributed by atoms with Crippen LogP contribution in [0.3, 0.4) is 0 Å². The Kier molecular flexibility index (Phi) is 8.11. The molecule has 0 radical (unpaired) electrons. The highest BCUT2D eigenvalue weighted by Crippen LogP contribution is 2.43. The van der Waals surface area contributed by atoms with Gasteiger partial charge in [0.05, 0.1) is 0 Å². The normalized spacial score (nSPS) is 16.9. The van der Waals surface area contributed by atoms with Crippen molar-refractivity contribution in [2.24, 2.45) is 5.92 Å². The monoisotopic (exact) mass is 562 g/mol. The summed E-state index contributed by atoms with van der Waals surface area (Å²) in [6.45, 7) is 2.01. The van der Waals surface area contributed by atoms with Crippen LogP contribution in [0.5, 0.6) is 11.5 Å². The van der Waals surface area contributed by atoms with Crippen LogP contribution in [0.15, 0.2) is 30.3 Å². The second-order valence-electron chi connectivity index (χ2n) is 8.23. The van der Waals surface area contributed by atoms with E-state index in [2.05, 4.69) is 8.92 Å². The van der Waals surface area contributed by atoms with Gasteiger partial charge in [-0.25, -0.2) is 8.78 Å². The van der Waals surface area contributed by atoms with Crippen LogP contribution in [0.25, 0.3) is 16.7 Å². The van der Waals surface area contributed by atoms with E-state index in [1.807, 2.05) is 6.92 Å². The van der Waals surface area contributed by atoms with Crippen molar-refractivity contribution in [3.8, 4) is 22.6 Å². The molecule has 0 aromatic heterocycles. The number of ether oxygens (including phenoxy) is 1. The third-order valence-electron chi connectivity index (χ3n) is 5.70. The molecule has 2 aromatic carbocycles. The summed E-state index contributed by atoms with van der Waals surface area (Å²) in [5.74, 6) is -8.83. The molecule has 1 aliphatic rings.